The van der Waals surface area contributed by atoms with Gasteiger partial charge in [-0.25, -0.2) is 0 Å². The van der Waals surface area contributed by atoms with Crippen LogP contribution < -0.4 is 0 Å². The Morgan fingerprint density at radius 2 is 1.89 bits per heavy atom. The van der Waals surface area contributed by atoms with E-state index >= 15 is 0 Å². The second-order valence-corrected chi connectivity index (χ2v) is 9.87. The van der Waals surface area contributed by atoms with E-state index in [1.165, 1.54) is 5.57 Å². The molecule has 0 spiro atoms. The summed E-state index contributed by atoms with van der Waals surface area (Å²) in [6, 6.07) is 0. The summed E-state index contributed by atoms with van der Waals surface area (Å²) in [5.74, 6) is 2.04. The molecule has 0 aromatic carbocycles. The van der Waals surface area contributed by atoms with Gasteiger partial charge >= 0.3 is 0 Å². The SMILES string of the molecule is CCCC1C(C)=CC2CC(C)C(C)C(CC)C2C1C(=O)C1=C(O)C(C)CC1=O. The Morgan fingerprint density at radius 1 is 1.21 bits per heavy atom. The molecule has 3 rings (SSSR count). The smallest absolute Gasteiger partial charge is 0.173 e. The number of carbonyl (C=O) groups excluding carboxylic acids is 2. The zero-order chi connectivity index (χ0) is 20.7. The number of carbonyl (C=O) groups is 2. The highest BCUT2D eigenvalue weighted by Crippen LogP contribution is 2.54. The molecule has 8 unspecified atom stereocenters. The number of hydrogen-bond acceptors (Lipinski definition) is 3. The van der Waals surface area contributed by atoms with Crippen molar-refractivity contribution in [1.82, 2.24) is 0 Å². The Hall–Kier alpha value is -1.38. The van der Waals surface area contributed by atoms with E-state index in [1.54, 1.807) is 0 Å². The summed E-state index contributed by atoms with van der Waals surface area (Å²) in [6.45, 7) is 13.1. The maximum Gasteiger partial charge on any atom is 0.173 e. The van der Waals surface area contributed by atoms with Crippen LogP contribution in [-0.2, 0) is 9.59 Å². The van der Waals surface area contributed by atoms with Crippen molar-refractivity contribution in [3.63, 3.8) is 0 Å². The standard InChI is InChI=1S/C25H38O3/c1-7-9-19-14(4)11-17-10-13(3)16(6)18(8-2)21(17)22(19)25(28)23-20(26)12-15(5)24(23)27/h11,13,15-19,21-22,27H,7-10,12H2,1-6H3. The van der Waals surface area contributed by atoms with Gasteiger partial charge < -0.3 is 5.11 Å². The molecule has 0 heterocycles. The second kappa shape index (κ2) is 8.16. The van der Waals surface area contributed by atoms with Crippen LogP contribution in [-0.4, -0.2) is 16.7 Å². The Morgan fingerprint density at radius 3 is 2.43 bits per heavy atom. The van der Waals surface area contributed by atoms with Crippen LogP contribution in [0, 0.1) is 47.3 Å². The molecule has 3 aliphatic rings. The first-order chi connectivity index (χ1) is 13.2. The molecule has 0 aromatic rings. The van der Waals surface area contributed by atoms with Crippen LogP contribution in [0.3, 0.4) is 0 Å². The van der Waals surface area contributed by atoms with Crippen LogP contribution in [0.15, 0.2) is 23.0 Å². The van der Waals surface area contributed by atoms with Crippen molar-refractivity contribution in [3.8, 4) is 0 Å². The highest BCUT2D eigenvalue weighted by atomic mass is 16.3. The van der Waals surface area contributed by atoms with Crippen LogP contribution in [0.1, 0.15) is 73.6 Å². The van der Waals surface area contributed by atoms with E-state index in [2.05, 4.69) is 40.7 Å². The molecule has 8 atom stereocenters. The fourth-order valence-electron chi connectivity index (χ4n) is 6.63. The summed E-state index contributed by atoms with van der Waals surface area (Å²) >= 11 is 0. The van der Waals surface area contributed by atoms with Gasteiger partial charge in [0, 0.05) is 18.3 Å². The molecule has 0 saturated heterocycles. The molecule has 156 valence electrons. The molecular weight excluding hydrogens is 348 g/mol. The van der Waals surface area contributed by atoms with Crippen molar-refractivity contribution in [2.75, 3.05) is 0 Å². The first-order valence-corrected chi connectivity index (χ1v) is 11.4. The number of fused-ring (bicyclic) bond motifs is 1. The third kappa shape index (κ3) is 3.39. The van der Waals surface area contributed by atoms with Gasteiger partial charge in [-0.05, 0) is 55.3 Å². The predicted octanol–water partition coefficient (Wildman–Crippen LogP) is 5.90. The summed E-state index contributed by atoms with van der Waals surface area (Å²) in [6.07, 6.45) is 6.91. The second-order valence-electron chi connectivity index (χ2n) is 9.87. The van der Waals surface area contributed by atoms with Gasteiger partial charge in [0.2, 0.25) is 0 Å². The molecule has 3 aliphatic carbocycles. The first-order valence-electron chi connectivity index (χ1n) is 11.4. The van der Waals surface area contributed by atoms with Crippen LogP contribution in [0.2, 0.25) is 0 Å². The van der Waals surface area contributed by atoms with E-state index in [-0.39, 0.29) is 53.0 Å². The lowest BCUT2D eigenvalue weighted by Gasteiger charge is -2.52. The van der Waals surface area contributed by atoms with Gasteiger partial charge in [0.05, 0.1) is 5.57 Å². The molecule has 0 amide bonds. The molecular formula is C25H38O3. The average Bonchev–Trinajstić information content (AvgIpc) is 2.89. The van der Waals surface area contributed by atoms with Crippen LogP contribution in [0.4, 0.5) is 0 Å². The zero-order valence-corrected chi connectivity index (χ0v) is 18.5. The van der Waals surface area contributed by atoms with Gasteiger partial charge in [0.15, 0.2) is 11.6 Å². The maximum atomic E-state index is 13.8. The predicted molar refractivity (Wildman–Crippen MR) is 113 cm³/mol. The Labute approximate surface area is 170 Å². The van der Waals surface area contributed by atoms with Crippen molar-refractivity contribution < 1.29 is 14.7 Å². The lowest BCUT2D eigenvalue weighted by molar-refractivity contribution is -0.129. The molecule has 0 aliphatic heterocycles. The number of Topliss-reactive ketones (excluding diaryl/α,β-unsaturated/α-hetero) is 2. The summed E-state index contributed by atoms with van der Waals surface area (Å²) in [7, 11) is 0. The number of hydrogen-bond donors (Lipinski definition) is 1. The van der Waals surface area contributed by atoms with Crippen LogP contribution >= 0.6 is 0 Å². The van der Waals surface area contributed by atoms with Crippen molar-refractivity contribution in [2.45, 2.75) is 73.6 Å². The Bertz CT molecular complexity index is 701. The summed E-state index contributed by atoms with van der Waals surface area (Å²) in [5, 5.41) is 10.5. The third-order valence-corrected chi connectivity index (χ3v) is 8.23. The zero-order valence-electron chi connectivity index (χ0n) is 18.5. The number of allylic oxidation sites excluding steroid dienone is 4. The number of aliphatic hydroxyl groups excluding tert-OH is 1. The molecule has 0 bridgehead atoms. The van der Waals surface area contributed by atoms with Gasteiger partial charge in [0.25, 0.3) is 0 Å². The molecule has 1 fully saturated rings. The van der Waals surface area contributed by atoms with Crippen LogP contribution in [0.25, 0.3) is 0 Å². The minimum absolute atomic E-state index is 0.0410. The molecule has 0 radical (unpaired) electrons. The molecule has 0 aromatic heterocycles. The van der Waals surface area contributed by atoms with Crippen molar-refractivity contribution >= 4 is 11.6 Å². The monoisotopic (exact) mass is 386 g/mol. The molecule has 1 N–H and O–H groups in total. The van der Waals surface area contributed by atoms with Crippen molar-refractivity contribution in [3.05, 3.63) is 23.0 Å². The van der Waals surface area contributed by atoms with Crippen molar-refractivity contribution in [2.24, 2.45) is 47.3 Å². The van der Waals surface area contributed by atoms with Gasteiger partial charge in [0.1, 0.15) is 5.76 Å². The maximum absolute atomic E-state index is 13.8. The highest BCUT2D eigenvalue weighted by Gasteiger charge is 2.52. The lowest BCUT2D eigenvalue weighted by Crippen LogP contribution is -2.49. The minimum Gasteiger partial charge on any atom is -0.511 e. The summed E-state index contributed by atoms with van der Waals surface area (Å²) < 4.78 is 0. The number of rotatable bonds is 5. The fraction of sp³-hybridized carbons (Fsp3) is 0.760. The van der Waals surface area contributed by atoms with Gasteiger partial charge in [-0.15, -0.1) is 0 Å². The molecule has 3 heteroatoms. The summed E-state index contributed by atoms with van der Waals surface area (Å²) in [5.41, 5.74) is 1.45. The van der Waals surface area contributed by atoms with Crippen LogP contribution in [0.5, 0.6) is 0 Å². The quantitative estimate of drug-likeness (QED) is 0.472. The lowest BCUT2D eigenvalue weighted by atomic mass is 9.52. The number of aliphatic hydroxyl groups is 1. The van der Waals surface area contributed by atoms with Gasteiger partial charge in [-0.1, -0.05) is 59.1 Å². The topological polar surface area (TPSA) is 54.4 Å². The van der Waals surface area contributed by atoms with Crippen molar-refractivity contribution in [1.29, 1.82) is 0 Å². The van der Waals surface area contributed by atoms with Gasteiger partial charge in [-0.3, -0.25) is 9.59 Å². The largest absolute Gasteiger partial charge is 0.511 e. The molecule has 1 saturated carbocycles. The normalized spacial score (nSPS) is 41.1. The van der Waals surface area contributed by atoms with E-state index in [0.717, 1.165) is 25.7 Å². The Kier molecular flexibility index (Phi) is 6.22. The fourth-order valence-corrected chi connectivity index (χ4v) is 6.63. The third-order valence-electron chi connectivity index (χ3n) is 8.23. The van der Waals surface area contributed by atoms with E-state index < -0.39 is 0 Å². The van der Waals surface area contributed by atoms with E-state index in [9.17, 15) is 14.7 Å². The van der Waals surface area contributed by atoms with Gasteiger partial charge in [-0.2, -0.15) is 0 Å². The first kappa shape index (κ1) is 21.3. The van der Waals surface area contributed by atoms with E-state index in [4.69, 9.17) is 0 Å². The number of ketones is 2. The van der Waals surface area contributed by atoms with E-state index in [1.807, 2.05) is 6.92 Å². The average molecular weight is 387 g/mol. The molecule has 3 nitrogen and oxygen atoms in total. The summed E-state index contributed by atoms with van der Waals surface area (Å²) in [4.78, 5) is 26.4. The minimum atomic E-state index is -0.223. The molecule has 28 heavy (non-hydrogen) atoms. The van der Waals surface area contributed by atoms with E-state index in [0.29, 0.717) is 23.7 Å². The highest BCUT2D eigenvalue weighted by molar-refractivity contribution is 6.23. The Balaban J connectivity index is 2.09.